The van der Waals surface area contributed by atoms with E-state index < -0.39 is 17.3 Å². The highest BCUT2D eigenvalue weighted by Gasteiger charge is 2.47. The lowest BCUT2D eigenvalue weighted by molar-refractivity contribution is -0.104. The average Bonchev–Trinajstić information content (AvgIpc) is 2.43. The Balaban J connectivity index is 2.02. The molecule has 0 saturated carbocycles. The zero-order chi connectivity index (χ0) is 17.1. The van der Waals surface area contributed by atoms with Crippen molar-refractivity contribution in [3.05, 3.63) is 29.8 Å². The second kappa shape index (κ2) is 6.76. The van der Waals surface area contributed by atoms with Crippen LogP contribution in [0.3, 0.4) is 0 Å². The van der Waals surface area contributed by atoms with Crippen LogP contribution in [-0.4, -0.2) is 55.1 Å². The third-order valence-corrected chi connectivity index (χ3v) is 3.49. The standard InChI is InChI=1S/C17H25NO5/c1-16(2,3)23-15(19)18-11-17(20,12-18)13-7-5-6-8-14(13)22-10-9-21-4/h5-8,20H,9-12H2,1-4H3. The van der Waals surface area contributed by atoms with Crippen molar-refractivity contribution in [2.24, 2.45) is 0 Å². The number of para-hydroxylation sites is 1. The quantitative estimate of drug-likeness (QED) is 0.841. The largest absolute Gasteiger partial charge is 0.491 e. The number of amides is 1. The summed E-state index contributed by atoms with van der Waals surface area (Å²) in [5.41, 5.74) is -0.983. The highest BCUT2D eigenvalue weighted by molar-refractivity contribution is 5.70. The third-order valence-electron chi connectivity index (χ3n) is 3.49. The molecule has 0 aromatic heterocycles. The summed E-state index contributed by atoms with van der Waals surface area (Å²) in [4.78, 5) is 13.5. The Kier molecular flexibility index (Phi) is 5.16. The molecule has 128 valence electrons. The van der Waals surface area contributed by atoms with Crippen molar-refractivity contribution in [3.63, 3.8) is 0 Å². The van der Waals surface area contributed by atoms with Crippen molar-refractivity contribution in [3.8, 4) is 5.75 Å². The van der Waals surface area contributed by atoms with E-state index in [-0.39, 0.29) is 13.1 Å². The maximum absolute atomic E-state index is 12.0. The number of carbonyl (C=O) groups is 1. The lowest BCUT2D eigenvalue weighted by atomic mass is 9.86. The van der Waals surface area contributed by atoms with E-state index in [1.54, 1.807) is 13.2 Å². The molecule has 1 saturated heterocycles. The Morgan fingerprint density at radius 3 is 2.52 bits per heavy atom. The van der Waals surface area contributed by atoms with E-state index in [0.29, 0.717) is 24.5 Å². The molecule has 1 amide bonds. The number of nitrogens with zero attached hydrogens (tertiary/aromatic N) is 1. The lowest BCUT2D eigenvalue weighted by Crippen LogP contribution is -2.62. The second-order valence-electron chi connectivity index (χ2n) is 6.71. The first-order chi connectivity index (χ1) is 10.7. The molecule has 1 N–H and O–H groups in total. The summed E-state index contributed by atoms with van der Waals surface area (Å²) in [6, 6.07) is 7.31. The van der Waals surface area contributed by atoms with Crippen LogP contribution in [0.1, 0.15) is 26.3 Å². The minimum atomic E-state index is -1.11. The Labute approximate surface area is 136 Å². The minimum Gasteiger partial charge on any atom is -0.491 e. The molecule has 0 bridgehead atoms. The topological polar surface area (TPSA) is 68.2 Å². The molecule has 1 aromatic rings. The summed E-state index contributed by atoms with van der Waals surface area (Å²) in [6.45, 7) is 6.69. The van der Waals surface area contributed by atoms with Gasteiger partial charge in [-0.1, -0.05) is 18.2 Å². The smallest absolute Gasteiger partial charge is 0.410 e. The van der Waals surface area contributed by atoms with Crippen molar-refractivity contribution < 1.29 is 24.1 Å². The first-order valence-corrected chi connectivity index (χ1v) is 7.67. The molecule has 1 heterocycles. The highest BCUT2D eigenvalue weighted by atomic mass is 16.6. The van der Waals surface area contributed by atoms with Crippen LogP contribution in [0.15, 0.2) is 24.3 Å². The van der Waals surface area contributed by atoms with E-state index >= 15 is 0 Å². The molecule has 0 atom stereocenters. The lowest BCUT2D eigenvalue weighted by Gasteiger charge is -2.46. The zero-order valence-corrected chi connectivity index (χ0v) is 14.2. The molecule has 0 unspecified atom stereocenters. The van der Waals surface area contributed by atoms with Crippen LogP contribution in [0.25, 0.3) is 0 Å². The van der Waals surface area contributed by atoms with Gasteiger partial charge in [0.15, 0.2) is 0 Å². The first-order valence-electron chi connectivity index (χ1n) is 7.67. The predicted molar refractivity (Wildman–Crippen MR) is 85.5 cm³/mol. The number of hydrogen-bond donors (Lipinski definition) is 1. The molecule has 1 aromatic carbocycles. The fourth-order valence-electron chi connectivity index (χ4n) is 2.42. The molecular weight excluding hydrogens is 298 g/mol. The van der Waals surface area contributed by atoms with Gasteiger partial charge in [-0.2, -0.15) is 0 Å². The SMILES string of the molecule is COCCOc1ccccc1C1(O)CN(C(=O)OC(C)(C)C)C1. The number of carbonyl (C=O) groups excluding carboxylic acids is 1. The summed E-state index contributed by atoms with van der Waals surface area (Å²) >= 11 is 0. The number of aliphatic hydroxyl groups is 1. The van der Waals surface area contributed by atoms with Crippen LogP contribution in [0.2, 0.25) is 0 Å². The molecule has 6 heteroatoms. The molecule has 23 heavy (non-hydrogen) atoms. The minimum absolute atomic E-state index is 0.187. The number of methoxy groups -OCH3 is 1. The van der Waals surface area contributed by atoms with Crippen LogP contribution >= 0.6 is 0 Å². The van der Waals surface area contributed by atoms with Gasteiger partial charge in [0.2, 0.25) is 0 Å². The molecule has 1 aliphatic heterocycles. The van der Waals surface area contributed by atoms with Crippen molar-refractivity contribution in [2.75, 3.05) is 33.4 Å². The number of likely N-dealkylation sites (tertiary alicyclic amines) is 1. The van der Waals surface area contributed by atoms with Gasteiger partial charge in [0.25, 0.3) is 0 Å². The van der Waals surface area contributed by atoms with Crippen molar-refractivity contribution >= 4 is 6.09 Å². The van der Waals surface area contributed by atoms with E-state index in [4.69, 9.17) is 14.2 Å². The zero-order valence-electron chi connectivity index (χ0n) is 14.2. The van der Waals surface area contributed by atoms with Gasteiger partial charge in [-0.15, -0.1) is 0 Å². The molecule has 0 spiro atoms. The van der Waals surface area contributed by atoms with Gasteiger partial charge < -0.3 is 24.2 Å². The molecular formula is C17H25NO5. The van der Waals surface area contributed by atoms with Crippen molar-refractivity contribution in [1.29, 1.82) is 0 Å². The fourth-order valence-corrected chi connectivity index (χ4v) is 2.42. The first kappa shape index (κ1) is 17.6. The maximum atomic E-state index is 12.0. The number of hydrogen-bond acceptors (Lipinski definition) is 5. The highest BCUT2D eigenvalue weighted by Crippen LogP contribution is 2.37. The van der Waals surface area contributed by atoms with E-state index in [0.717, 1.165) is 0 Å². The normalized spacial score (nSPS) is 16.7. The van der Waals surface area contributed by atoms with E-state index in [1.807, 2.05) is 39.0 Å². The van der Waals surface area contributed by atoms with Gasteiger partial charge >= 0.3 is 6.09 Å². The van der Waals surface area contributed by atoms with Crippen LogP contribution in [0, 0.1) is 0 Å². The Morgan fingerprint density at radius 1 is 1.26 bits per heavy atom. The third kappa shape index (κ3) is 4.36. The molecule has 0 aliphatic carbocycles. The monoisotopic (exact) mass is 323 g/mol. The van der Waals surface area contributed by atoms with Crippen molar-refractivity contribution in [1.82, 2.24) is 4.90 Å². The van der Waals surface area contributed by atoms with E-state index in [9.17, 15) is 9.90 Å². The van der Waals surface area contributed by atoms with E-state index in [1.165, 1.54) is 4.90 Å². The van der Waals surface area contributed by atoms with Crippen molar-refractivity contribution in [2.45, 2.75) is 32.0 Å². The summed E-state index contributed by atoms with van der Waals surface area (Å²) < 4.78 is 15.9. The summed E-state index contributed by atoms with van der Waals surface area (Å²) in [5, 5.41) is 10.8. The van der Waals surface area contributed by atoms with Gasteiger partial charge in [0.1, 0.15) is 23.6 Å². The van der Waals surface area contributed by atoms with Gasteiger partial charge in [0, 0.05) is 12.7 Å². The Bertz CT molecular complexity index is 546. The molecule has 1 aliphatic rings. The number of rotatable bonds is 5. The van der Waals surface area contributed by atoms with Gasteiger partial charge in [-0.3, -0.25) is 0 Å². The van der Waals surface area contributed by atoms with Crippen LogP contribution in [0.5, 0.6) is 5.75 Å². The molecule has 1 fully saturated rings. The number of ether oxygens (including phenoxy) is 3. The summed E-state index contributed by atoms with van der Waals surface area (Å²) in [5.74, 6) is 0.607. The average molecular weight is 323 g/mol. The fraction of sp³-hybridized carbons (Fsp3) is 0.588. The second-order valence-corrected chi connectivity index (χ2v) is 6.71. The van der Waals surface area contributed by atoms with E-state index in [2.05, 4.69) is 0 Å². The van der Waals surface area contributed by atoms with Gasteiger partial charge in [0.05, 0.1) is 19.7 Å². The molecule has 2 rings (SSSR count). The van der Waals surface area contributed by atoms with Crippen LogP contribution in [-0.2, 0) is 15.1 Å². The molecule has 0 radical (unpaired) electrons. The van der Waals surface area contributed by atoms with Crippen LogP contribution < -0.4 is 4.74 Å². The Hall–Kier alpha value is -1.79. The molecule has 6 nitrogen and oxygen atoms in total. The van der Waals surface area contributed by atoms with Crippen LogP contribution in [0.4, 0.5) is 4.79 Å². The number of β-amino-alcohol motifs (C(OH)–C–C–N with tert-alkyl or cyclic N) is 1. The van der Waals surface area contributed by atoms with Gasteiger partial charge in [-0.25, -0.2) is 4.79 Å². The summed E-state index contributed by atoms with van der Waals surface area (Å²) in [6.07, 6.45) is -0.417. The Morgan fingerprint density at radius 2 is 1.91 bits per heavy atom. The summed E-state index contributed by atoms with van der Waals surface area (Å²) in [7, 11) is 1.60. The maximum Gasteiger partial charge on any atom is 0.410 e. The number of benzene rings is 1. The predicted octanol–water partition coefficient (Wildman–Crippen LogP) is 2.15. The van der Waals surface area contributed by atoms with Gasteiger partial charge in [-0.05, 0) is 26.8 Å².